The highest BCUT2D eigenvalue weighted by atomic mass is 32.2. The van der Waals surface area contributed by atoms with Crippen LogP contribution < -0.4 is 0 Å². The number of thiophene rings is 1. The van der Waals surface area contributed by atoms with Crippen molar-refractivity contribution in [2.75, 3.05) is 6.26 Å². The molecule has 0 fully saturated rings. The van der Waals surface area contributed by atoms with E-state index in [2.05, 4.69) is 15.9 Å². The first-order chi connectivity index (χ1) is 6.36. The molecule has 0 saturated heterocycles. The quantitative estimate of drug-likeness (QED) is 0.407. The number of terminal acetylenes is 1. The highest BCUT2D eigenvalue weighted by molar-refractivity contribution is 7.98. The van der Waals surface area contributed by atoms with Crippen molar-refractivity contribution in [2.24, 2.45) is 0 Å². The van der Waals surface area contributed by atoms with Crippen LogP contribution >= 0.6 is 23.1 Å². The highest BCUT2D eigenvalue weighted by Gasteiger charge is 2.07. The Morgan fingerprint density at radius 2 is 2.38 bits per heavy atom. The van der Waals surface area contributed by atoms with Crippen molar-refractivity contribution in [1.82, 2.24) is 9.97 Å². The molecule has 2 rings (SSSR count). The summed E-state index contributed by atoms with van der Waals surface area (Å²) < 4.78 is 1.09. The average molecular weight is 206 g/mol. The van der Waals surface area contributed by atoms with Crippen LogP contribution in [0.25, 0.3) is 10.2 Å². The second-order valence-corrected chi connectivity index (χ2v) is 4.03. The minimum absolute atomic E-state index is 0.859. The number of hydrogen-bond donors (Lipinski definition) is 0. The molecule has 0 saturated carbocycles. The van der Waals surface area contributed by atoms with Gasteiger partial charge in [0.25, 0.3) is 0 Å². The average Bonchev–Trinajstić information content (AvgIpc) is 2.60. The van der Waals surface area contributed by atoms with Gasteiger partial charge in [0.2, 0.25) is 0 Å². The lowest BCUT2D eigenvalue weighted by molar-refractivity contribution is 1.11. The summed E-state index contributed by atoms with van der Waals surface area (Å²) in [5.41, 5.74) is 1.75. The van der Waals surface area contributed by atoms with Crippen LogP contribution in [-0.2, 0) is 0 Å². The Labute approximate surface area is 84.4 Å². The molecule has 0 spiro atoms. The van der Waals surface area contributed by atoms with Crippen LogP contribution in [0.1, 0.15) is 5.56 Å². The van der Waals surface area contributed by atoms with Gasteiger partial charge in [-0.3, -0.25) is 0 Å². The number of rotatable bonds is 1. The van der Waals surface area contributed by atoms with Gasteiger partial charge in [-0.15, -0.1) is 29.5 Å². The fourth-order valence-corrected chi connectivity index (χ4v) is 2.75. The molecule has 13 heavy (non-hydrogen) atoms. The van der Waals surface area contributed by atoms with E-state index in [0.29, 0.717) is 0 Å². The molecule has 2 heterocycles. The highest BCUT2D eigenvalue weighted by Crippen LogP contribution is 2.29. The summed E-state index contributed by atoms with van der Waals surface area (Å²) in [6, 6.07) is 0. The lowest BCUT2D eigenvalue weighted by Crippen LogP contribution is -1.82. The van der Waals surface area contributed by atoms with Crippen LogP contribution in [-0.4, -0.2) is 16.2 Å². The van der Waals surface area contributed by atoms with Crippen LogP contribution in [0.4, 0.5) is 0 Å². The van der Waals surface area contributed by atoms with E-state index in [1.165, 1.54) is 0 Å². The Morgan fingerprint density at radius 3 is 3.08 bits per heavy atom. The second kappa shape index (κ2) is 3.36. The van der Waals surface area contributed by atoms with E-state index in [-0.39, 0.29) is 0 Å². The van der Waals surface area contributed by atoms with E-state index in [4.69, 9.17) is 6.42 Å². The topological polar surface area (TPSA) is 25.8 Å². The van der Waals surface area contributed by atoms with E-state index in [0.717, 1.165) is 20.8 Å². The lowest BCUT2D eigenvalue weighted by atomic mass is 10.3. The van der Waals surface area contributed by atoms with Crippen molar-refractivity contribution in [3.63, 3.8) is 0 Å². The Bertz CT molecular complexity index is 482. The van der Waals surface area contributed by atoms with Crippen LogP contribution in [0.2, 0.25) is 0 Å². The summed E-state index contributed by atoms with van der Waals surface area (Å²) in [6.07, 6.45) is 8.90. The predicted molar refractivity (Wildman–Crippen MR) is 57.1 cm³/mol. The Kier molecular flexibility index (Phi) is 2.21. The third-order valence-electron chi connectivity index (χ3n) is 1.67. The summed E-state index contributed by atoms with van der Waals surface area (Å²) >= 11 is 3.21. The Morgan fingerprint density at radius 1 is 1.54 bits per heavy atom. The van der Waals surface area contributed by atoms with Gasteiger partial charge in [-0.2, -0.15) is 0 Å². The second-order valence-electron chi connectivity index (χ2n) is 2.35. The molecule has 0 N–H and O–H groups in total. The molecule has 0 aliphatic heterocycles. The number of aromatic nitrogens is 2. The summed E-state index contributed by atoms with van der Waals surface area (Å²) in [7, 11) is 0. The van der Waals surface area contributed by atoms with E-state index in [9.17, 15) is 0 Å². The summed E-state index contributed by atoms with van der Waals surface area (Å²) in [4.78, 5) is 8.33. The first-order valence-corrected chi connectivity index (χ1v) is 5.70. The molecule has 0 bridgehead atoms. The molecule has 0 atom stereocenters. The molecular formula is C9H6N2S2. The fraction of sp³-hybridized carbons (Fsp3) is 0.111. The largest absolute Gasteiger partial charge is 0.234 e. The number of thioether (sulfide) groups is 1. The molecule has 64 valence electrons. The SMILES string of the molecule is C#Cc1csc2c(SC)ncnc12. The maximum atomic E-state index is 5.34. The van der Waals surface area contributed by atoms with Crippen LogP contribution in [0.15, 0.2) is 16.7 Å². The number of fused-ring (bicyclic) bond motifs is 1. The third kappa shape index (κ3) is 1.30. The summed E-state index contributed by atoms with van der Waals surface area (Å²) in [6.45, 7) is 0. The molecule has 4 heteroatoms. The molecule has 0 aliphatic rings. The van der Waals surface area contributed by atoms with Gasteiger partial charge in [-0.05, 0) is 6.26 Å². The predicted octanol–water partition coefficient (Wildman–Crippen LogP) is 2.39. The molecular weight excluding hydrogens is 200 g/mol. The van der Waals surface area contributed by atoms with Gasteiger partial charge < -0.3 is 0 Å². The zero-order valence-corrected chi connectivity index (χ0v) is 8.58. The lowest BCUT2D eigenvalue weighted by Gasteiger charge is -1.95. The van der Waals surface area contributed by atoms with E-state index in [1.807, 2.05) is 11.6 Å². The standard InChI is InChI=1S/C9H6N2S2/c1-3-6-4-13-8-7(6)10-5-11-9(8)12-2/h1,4-5H,2H3. The fourth-order valence-electron chi connectivity index (χ4n) is 1.08. The minimum atomic E-state index is 0.859. The number of nitrogens with zero attached hydrogens (tertiary/aromatic N) is 2. The third-order valence-corrected chi connectivity index (χ3v) is 3.47. The molecule has 2 aromatic rings. The molecule has 0 aromatic carbocycles. The zero-order valence-electron chi connectivity index (χ0n) is 6.94. The van der Waals surface area contributed by atoms with Crippen LogP contribution in [0, 0.1) is 12.3 Å². The Balaban J connectivity index is 2.81. The minimum Gasteiger partial charge on any atom is -0.234 e. The molecule has 0 amide bonds. The van der Waals surface area contributed by atoms with Gasteiger partial charge in [-0.1, -0.05) is 5.92 Å². The van der Waals surface area contributed by atoms with E-state index in [1.54, 1.807) is 29.4 Å². The first kappa shape index (κ1) is 8.54. The molecule has 2 nitrogen and oxygen atoms in total. The maximum absolute atomic E-state index is 5.34. The zero-order chi connectivity index (χ0) is 9.26. The normalized spacial score (nSPS) is 10.2. The van der Waals surface area contributed by atoms with Crippen molar-refractivity contribution < 1.29 is 0 Å². The first-order valence-electron chi connectivity index (χ1n) is 3.59. The van der Waals surface area contributed by atoms with Gasteiger partial charge in [0.05, 0.1) is 10.3 Å². The van der Waals surface area contributed by atoms with Crippen molar-refractivity contribution in [1.29, 1.82) is 0 Å². The molecule has 0 unspecified atom stereocenters. The van der Waals surface area contributed by atoms with Crippen molar-refractivity contribution in [3.8, 4) is 12.3 Å². The van der Waals surface area contributed by atoms with Gasteiger partial charge in [0.1, 0.15) is 16.9 Å². The van der Waals surface area contributed by atoms with Crippen molar-refractivity contribution in [3.05, 3.63) is 17.3 Å². The maximum Gasteiger partial charge on any atom is 0.117 e. The molecule has 2 aromatic heterocycles. The molecule has 0 radical (unpaired) electrons. The van der Waals surface area contributed by atoms with Crippen molar-refractivity contribution >= 4 is 33.3 Å². The van der Waals surface area contributed by atoms with Gasteiger partial charge >= 0.3 is 0 Å². The number of hydrogen-bond acceptors (Lipinski definition) is 4. The monoisotopic (exact) mass is 206 g/mol. The van der Waals surface area contributed by atoms with Gasteiger partial charge in [-0.25, -0.2) is 9.97 Å². The van der Waals surface area contributed by atoms with E-state index >= 15 is 0 Å². The van der Waals surface area contributed by atoms with Crippen LogP contribution in [0.3, 0.4) is 0 Å². The van der Waals surface area contributed by atoms with Crippen molar-refractivity contribution in [2.45, 2.75) is 5.03 Å². The smallest absolute Gasteiger partial charge is 0.117 e. The van der Waals surface area contributed by atoms with Gasteiger partial charge in [0, 0.05) is 5.38 Å². The summed E-state index contributed by atoms with van der Waals surface area (Å²) in [5.74, 6) is 2.61. The van der Waals surface area contributed by atoms with E-state index < -0.39 is 0 Å². The van der Waals surface area contributed by atoms with Crippen LogP contribution in [0.5, 0.6) is 0 Å². The Hall–Kier alpha value is -1.05. The molecule has 0 aliphatic carbocycles. The summed E-state index contributed by atoms with van der Waals surface area (Å²) in [5, 5.41) is 2.94. The van der Waals surface area contributed by atoms with Gasteiger partial charge in [0.15, 0.2) is 0 Å².